The van der Waals surface area contributed by atoms with Crippen LogP contribution in [0.5, 0.6) is 0 Å². The summed E-state index contributed by atoms with van der Waals surface area (Å²) in [4.78, 5) is 16.2. The molecule has 0 amide bonds. The Labute approximate surface area is 144 Å². The first-order valence-corrected chi connectivity index (χ1v) is 8.13. The zero-order valence-corrected chi connectivity index (χ0v) is 13.9. The third-order valence-corrected chi connectivity index (χ3v) is 3.87. The van der Waals surface area contributed by atoms with E-state index in [2.05, 4.69) is 4.99 Å². The molecule has 2 aromatic rings. The van der Waals surface area contributed by atoms with Crippen LogP contribution < -0.4 is 5.73 Å². The summed E-state index contributed by atoms with van der Waals surface area (Å²) in [6, 6.07) is 15.1. The zero-order chi connectivity index (χ0) is 17.4. The first-order valence-electron chi connectivity index (χ1n) is 7.15. The van der Waals surface area contributed by atoms with Crippen LogP contribution in [0.3, 0.4) is 0 Å². The molecule has 0 saturated heterocycles. The molecule has 0 radical (unpaired) electrons. The van der Waals surface area contributed by atoms with E-state index >= 15 is 0 Å². The fourth-order valence-corrected chi connectivity index (χ4v) is 2.54. The highest BCUT2D eigenvalue weighted by Gasteiger charge is 2.11. The monoisotopic (exact) mass is 344 g/mol. The van der Waals surface area contributed by atoms with Crippen LogP contribution in [-0.4, -0.2) is 24.0 Å². The Hall–Kier alpha value is -2.60. The number of ether oxygens (including phenoxy) is 1. The van der Waals surface area contributed by atoms with Gasteiger partial charge in [-0.1, -0.05) is 42.1 Å². The normalized spacial score (nSPS) is 12.1. The second-order valence-electron chi connectivity index (χ2n) is 4.79. The number of amidine groups is 1. The van der Waals surface area contributed by atoms with Crippen molar-refractivity contribution in [2.45, 2.75) is 0 Å². The molecule has 0 fully saturated rings. The Morgan fingerprint density at radius 3 is 2.50 bits per heavy atom. The van der Waals surface area contributed by atoms with Crippen molar-refractivity contribution in [2.24, 2.45) is 10.7 Å². The van der Waals surface area contributed by atoms with E-state index in [4.69, 9.17) is 10.5 Å². The predicted octanol–water partition coefficient (Wildman–Crippen LogP) is 3.76. The van der Waals surface area contributed by atoms with E-state index < -0.39 is 5.97 Å². The van der Waals surface area contributed by atoms with Crippen molar-refractivity contribution >= 4 is 34.7 Å². The topological polar surface area (TPSA) is 64.7 Å². The minimum absolute atomic E-state index is 0.298. The summed E-state index contributed by atoms with van der Waals surface area (Å²) >= 11 is 1.23. The van der Waals surface area contributed by atoms with Crippen LogP contribution >= 0.6 is 11.8 Å². The molecule has 0 atom stereocenters. The van der Waals surface area contributed by atoms with Gasteiger partial charge in [-0.3, -0.25) is 0 Å². The van der Waals surface area contributed by atoms with Gasteiger partial charge in [0.15, 0.2) is 5.17 Å². The van der Waals surface area contributed by atoms with Gasteiger partial charge < -0.3 is 10.5 Å². The number of carbonyl (C=O) groups excluding carboxylic acids is 1. The Morgan fingerprint density at radius 1 is 1.21 bits per heavy atom. The average Bonchev–Trinajstić information content (AvgIpc) is 2.60. The summed E-state index contributed by atoms with van der Waals surface area (Å²) in [5.41, 5.74) is 7.75. The fraction of sp³-hybridized carbons (Fsp3) is 0.111. The highest BCUT2D eigenvalue weighted by Crippen LogP contribution is 2.17. The smallest absolute Gasteiger partial charge is 0.334 e. The Kier molecular flexibility index (Phi) is 6.57. The zero-order valence-electron chi connectivity index (χ0n) is 13.1. The van der Waals surface area contributed by atoms with Gasteiger partial charge in [0, 0.05) is 11.3 Å². The maximum absolute atomic E-state index is 13.0. The summed E-state index contributed by atoms with van der Waals surface area (Å²) < 4.78 is 17.7. The summed E-state index contributed by atoms with van der Waals surface area (Å²) in [6.45, 7) is 0. The Balaban J connectivity index is 2.10. The number of rotatable bonds is 5. The highest BCUT2D eigenvalue weighted by molar-refractivity contribution is 8.14. The van der Waals surface area contributed by atoms with Crippen LogP contribution in [0, 0.1) is 5.82 Å². The van der Waals surface area contributed by atoms with E-state index in [9.17, 15) is 9.18 Å². The lowest BCUT2D eigenvalue weighted by Crippen LogP contribution is -2.12. The van der Waals surface area contributed by atoms with E-state index in [-0.39, 0.29) is 5.82 Å². The van der Waals surface area contributed by atoms with E-state index in [1.807, 2.05) is 30.3 Å². The van der Waals surface area contributed by atoms with Crippen LogP contribution in [0.25, 0.3) is 6.08 Å². The minimum Gasteiger partial charge on any atom is -0.466 e. The van der Waals surface area contributed by atoms with E-state index in [1.165, 1.54) is 31.0 Å². The van der Waals surface area contributed by atoms with Crippen LogP contribution in [0.2, 0.25) is 0 Å². The number of benzene rings is 2. The summed E-state index contributed by atoms with van der Waals surface area (Å²) in [5.74, 6) is -0.494. The van der Waals surface area contributed by atoms with E-state index in [0.717, 1.165) is 5.69 Å². The molecule has 2 N–H and O–H groups in total. The number of halogens is 1. The molecule has 24 heavy (non-hydrogen) atoms. The van der Waals surface area contributed by atoms with Gasteiger partial charge in [-0.2, -0.15) is 0 Å². The van der Waals surface area contributed by atoms with Gasteiger partial charge in [-0.05, 0) is 35.9 Å². The molecule has 0 saturated carbocycles. The Morgan fingerprint density at radius 2 is 1.88 bits per heavy atom. The van der Waals surface area contributed by atoms with E-state index in [1.54, 1.807) is 18.2 Å². The second kappa shape index (κ2) is 8.88. The van der Waals surface area contributed by atoms with Crippen molar-refractivity contribution in [2.75, 3.05) is 12.9 Å². The standard InChI is InChI=1S/C18H17FN2O2S/c1-23-17(22)14(11-13-7-9-15(19)10-8-13)12-24-18(20)21-16-5-3-2-4-6-16/h2-11H,12H2,1H3,(H2,20,21)/b14-11+. The number of methoxy groups -OCH3 is 1. The van der Waals surface area contributed by atoms with Crippen LogP contribution in [0.15, 0.2) is 65.2 Å². The molecule has 2 aromatic carbocycles. The van der Waals surface area contributed by atoms with Gasteiger partial charge in [-0.15, -0.1) is 0 Å². The lowest BCUT2D eigenvalue weighted by atomic mass is 10.1. The highest BCUT2D eigenvalue weighted by atomic mass is 32.2. The number of carbonyl (C=O) groups is 1. The molecular formula is C18H17FN2O2S. The molecule has 0 heterocycles. The van der Waals surface area contributed by atoms with Crippen molar-refractivity contribution in [3.05, 3.63) is 71.6 Å². The van der Waals surface area contributed by atoms with Crippen molar-refractivity contribution in [3.63, 3.8) is 0 Å². The molecule has 4 nitrogen and oxygen atoms in total. The lowest BCUT2D eigenvalue weighted by Gasteiger charge is -2.06. The summed E-state index contributed by atoms with van der Waals surface area (Å²) in [5, 5.41) is 0.343. The summed E-state index contributed by atoms with van der Waals surface area (Å²) in [7, 11) is 1.31. The quantitative estimate of drug-likeness (QED) is 0.388. The number of hydrogen-bond donors (Lipinski definition) is 1. The molecule has 0 unspecified atom stereocenters. The second-order valence-corrected chi connectivity index (χ2v) is 5.78. The van der Waals surface area contributed by atoms with Gasteiger partial charge in [-0.25, -0.2) is 14.2 Å². The molecule has 124 valence electrons. The molecule has 0 aromatic heterocycles. The fourth-order valence-electron chi connectivity index (χ4n) is 1.86. The van der Waals surface area contributed by atoms with Crippen molar-refractivity contribution in [1.29, 1.82) is 0 Å². The Bertz CT molecular complexity index is 743. The molecule has 0 aliphatic heterocycles. The molecule has 2 rings (SSSR count). The molecule has 0 aliphatic rings. The largest absolute Gasteiger partial charge is 0.466 e. The van der Waals surface area contributed by atoms with Crippen LogP contribution in [-0.2, 0) is 9.53 Å². The van der Waals surface area contributed by atoms with Crippen molar-refractivity contribution in [1.82, 2.24) is 0 Å². The van der Waals surface area contributed by atoms with Gasteiger partial charge in [0.2, 0.25) is 0 Å². The molecule has 0 aliphatic carbocycles. The number of aliphatic imine (C=N–C) groups is 1. The predicted molar refractivity (Wildman–Crippen MR) is 96.6 cm³/mol. The summed E-state index contributed by atoms with van der Waals surface area (Å²) in [6.07, 6.45) is 1.65. The number of esters is 1. The van der Waals surface area contributed by atoms with Crippen molar-refractivity contribution in [3.8, 4) is 0 Å². The van der Waals surface area contributed by atoms with Gasteiger partial charge in [0.05, 0.1) is 12.8 Å². The number of nitrogens with two attached hydrogens (primary N) is 1. The SMILES string of the molecule is COC(=O)/C(=C/c1ccc(F)cc1)CSC(N)=Nc1ccccc1. The number of nitrogens with zero attached hydrogens (tertiary/aromatic N) is 1. The van der Waals surface area contributed by atoms with Gasteiger partial charge in [0.1, 0.15) is 5.82 Å². The van der Waals surface area contributed by atoms with Crippen molar-refractivity contribution < 1.29 is 13.9 Å². The first-order chi connectivity index (χ1) is 11.6. The van der Waals surface area contributed by atoms with E-state index in [0.29, 0.717) is 22.1 Å². The van der Waals surface area contributed by atoms with Crippen LogP contribution in [0.1, 0.15) is 5.56 Å². The van der Waals surface area contributed by atoms with Gasteiger partial charge in [0.25, 0.3) is 0 Å². The third kappa shape index (κ3) is 5.55. The molecular weight excluding hydrogens is 327 g/mol. The minimum atomic E-state index is -0.459. The maximum atomic E-state index is 13.0. The molecule has 6 heteroatoms. The van der Waals surface area contributed by atoms with Gasteiger partial charge >= 0.3 is 5.97 Å². The third-order valence-electron chi connectivity index (χ3n) is 3.03. The number of para-hydroxylation sites is 1. The number of thioether (sulfide) groups is 1. The van der Waals surface area contributed by atoms with Crippen LogP contribution in [0.4, 0.5) is 10.1 Å². The lowest BCUT2D eigenvalue weighted by molar-refractivity contribution is -0.135. The molecule has 0 spiro atoms. The average molecular weight is 344 g/mol. The molecule has 0 bridgehead atoms. The first kappa shape index (κ1) is 17.7. The number of hydrogen-bond acceptors (Lipinski definition) is 4. The maximum Gasteiger partial charge on any atom is 0.334 e.